The van der Waals surface area contributed by atoms with Gasteiger partial charge in [0.1, 0.15) is 17.5 Å². The predicted molar refractivity (Wildman–Crippen MR) is 199 cm³/mol. The number of likely N-dealkylation sites (tertiary alicyclic amines) is 3. The lowest BCUT2D eigenvalue weighted by Gasteiger charge is -2.43. The number of halogens is 2. The third-order valence-corrected chi connectivity index (χ3v) is 12.0. The van der Waals surface area contributed by atoms with E-state index in [2.05, 4.69) is 30.6 Å². The third kappa shape index (κ3) is 7.42. The summed E-state index contributed by atoms with van der Waals surface area (Å²) in [5, 5.41) is 24.6. The molecule has 3 N–H and O–H groups in total. The maximum atomic E-state index is 14.2. The molecule has 0 saturated carbocycles. The number of aromatic amines is 1. The van der Waals surface area contributed by atoms with E-state index in [0.717, 1.165) is 36.2 Å². The average Bonchev–Trinajstić information content (AvgIpc) is 3.98. The second kappa shape index (κ2) is 15.3. The molecule has 13 nitrogen and oxygen atoms in total. The molecule has 15 heteroatoms. The van der Waals surface area contributed by atoms with E-state index in [-0.39, 0.29) is 11.9 Å². The first-order chi connectivity index (χ1) is 25.6. The Kier molecular flexibility index (Phi) is 10.6. The SMILES string of the molecule is COc1ccc(-c2cn[nH]n2)cc1C(=O)N1CCC(CCN2CCC(NC(=O)N3CCCC3C(=O)O)(c3ccccn3)CC2)(c2ccc(Cl)c(Cl)c2)C1. The first kappa shape index (κ1) is 36.6. The molecule has 4 aromatic rings. The van der Waals surface area contributed by atoms with Crippen LogP contribution in [0.2, 0.25) is 10.0 Å². The van der Waals surface area contributed by atoms with Crippen LogP contribution < -0.4 is 10.1 Å². The number of amides is 3. The summed E-state index contributed by atoms with van der Waals surface area (Å²) in [4.78, 5) is 50.0. The minimum Gasteiger partial charge on any atom is -0.496 e. The number of piperidine rings is 1. The summed E-state index contributed by atoms with van der Waals surface area (Å²) < 4.78 is 5.62. The van der Waals surface area contributed by atoms with Gasteiger partial charge >= 0.3 is 12.0 Å². The molecule has 0 radical (unpaired) electrons. The number of nitrogens with one attached hydrogen (secondary N) is 2. The summed E-state index contributed by atoms with van der Waals surface area (Å²) in [5.74, 6) is -0.637. The fourth-order valence-corrected chi connectivity index (χ4v) is 8.46. The molecule has 2 aromatic carbocycles. The number of aromatic nitrogens is 4. The zero-order chi connectivity index (χ0) is 37.2. The average molecular weight is 762 g/mol. The van der Waals surface area contributed by atoms with Crippen LogP contribution in [0.25, 0.3) is 11.3 Å². The van der Waals surface area contributed by atoms with Crippen LogP contribution in [-0.2, 0) is 15.7 Å². The monoisotopic (exact) mass is 760 g/mol. The molecule has 3 aliphatic rings. The highest BCUT2D eigenvalue weighted by Crippen LogP contribution is 2.42. The van der Waals surface area contributed by atoms with Gasteiger partial charge in [0.15, 0.2) is 0 Å². The van der Waals surface area contributed by atoms with Gasteiger partial charge in [0.2, 0.25) is 0 Å². The fraction of sp³-hybridized carbons (Fsp3) is 0.421. The largest absolute Gasteiger partial charge is 0.496 e. The van der Waals surface area contributed by atoms with E-state index >= 15 is 0 Å². The van der Waals surface area contributed by atoms with Crippen molar-refractivity contribution in [1.82, 2.24) is 40.4 Å². The van der Waals surface area contributed by atoms with Crippen LogP contribution in [0.4, 0.5) is 4.79 Å². The lowest BCUT2D eigenvalue weighted by Crippen LogP contribution is -2.58. The van der Waals surface area contributed by atoms with Gasteiger partial charge < -0.3 is 29.9 Å². The van der Waals surface area contributed by atoms with Crippen LogP contribution in [0.5, 0.6) is 5.75 Å². The molecule has 7 rings (SSSR count). The van der Waals surface area contributed by atoms with E-state index in [1.165, 1.54) is 4.90 Å². The molecule has 53 heavy (non-hydrogen) atoms. The Bertz CT molecular complexity index is 1960. The molecule has 2 unspecified atom stereocenters. The van der Waals surface area contributed by atoms with E-state index in [0.29, 0.717) is 85.5 Å². The highest BCUT2D eigenvalue weighted by Gasteiger charge is 2.45. The number of carbonyl (C=O) groups is 3. The van der Waals surface area contributed by atoms with Gasteiger partial charge in [-0.15, -0.1) is 0 Å². The molecular formula is C38H42Cl2N8O5. The van der Waals surface area contributed by atoms with E-state index in [1.54, 1.807) is 31.6 Å². The van der Waals surface area contributed by atoms with E-state index < -0.39 is 23.0 Å². The second-order valence-corrected chi connectivity index (χ2v) is 15.0. The van der Waals surface area contributed by atoms with Crippen molar-refractivity contribution in [2.75, 3.05) is 46.4 Å². The van der Waals surface area contributed by atoms with Crippen molar-refractivity contribution in [3.8, 4) is 17.0 Å². The number of hydrogen-bond acceptors (Lipinski definition) is 8. The lowest BCUT2D eigenvalue weighted by atomic mass is 9.76. The Labute approximate surface area is 317 Å². The fourth-order valence-electron chi connectivity index (χ4n) is 8.17. The van der Waals surface area contributed by atoms with Crippen molar-refractivity contribution in [3.05, 3.63) is 93.9 Å². The van der Waals surface area contributed by atoms with E-state index in [4.69, 9.17) is 27.9 Å². The minimum atomic E-state index is -0.985. The standard InChI is InChI=1S/C38H42Cl2N8O5/c1-53-32-10-7-25(30-23-42-45-44-30)21-27(32)34(49)47-20-12-37(24-47,26-8-9-28(39)29(40)22-26)11-17-46-18-13-38(14-19-46,33-6-2-3-15-41-33)43-36(52)48-16-4-5-31(48)35(50)51/h2-3,6-10,15,21-23,31H,4-5,11-14,16-20,24H2,1H3,(H,43,52)(H,50,51)(H,42,44,45). The molecule has 0 aliphatic carbocycles. The summed E-state index contributed by atoms with van der Waals surface area (Å²) in [6, 6.07) is 15.6. The summed E-state index contributed by atoms with van der Waals surface area (Å²) >= 11 is 12.9. The first-order valence-electron chi connectivity index (χ1n) is 17.9. The summed E-state index contributed by atoms with van der Waals surface area (Å²) in [7, 11) is 1.55. The van der Waals surface area contributed by atoms with Gasteiger partial charge in [-0.3, -0.25) is 9.78 Å². The third-order valence-electron chi connectivity index (χ3n) is 11.2. The van der Waals surface area contributed by atoms with Crippen LogP contribution >= 0.6 is 23.2 Å². The Morgan fingerprint density at radius 2 is 1.85 bits per heavy atom. The highest BCUT2D eigenvalue weighted by atomic mass is 35.5. The van der Waals surface area contributed by atoms with Crippen LogP contribution in [-0.4, -0.2) is 111 Å². The molecule has 3 saturated heterocycles. The zero-order valence-electron chi connectivity index (χ0n) is 29.4. The number of rotatable bonds is 10. The molecule has 0 bridgehead atoms. The molecule has 0 spiro atoms. The Morgan fingerprint density at radius 1 is 1.02 bits per heavy atom. The van der Waals surface area contributed by atoms with Gasteiger partial charge in [0.25, 0.3) is 5.91 Å². The summed E-state index contributed by atoms with van der Waals surface area (Å²) in [5.41, 5.74) is 2.48. The quantitative estimate of drug-likeness (QED) is 0.187. The second-order valence-electron chi connectivity index (χ2n) is 14.2. The number of carbonyl (C=O) groups excluding carboxylic acids is 2. The van der Waals surface area contributed by atoms with Crippen molar-refractivity contribution in [2.24, 2.45) is 0 Å². The number of pyridine rings is 1. The van der Waals surface area contributed by atoms with Gasteiger partial charge in [-0.05, 0) is 93.1 Å². The maximum Gasteiger partial charge on any atom is 0.326 e. The van der Waals surface area contributed by atoms with E-state index in [1.807, 2.05) is 47.4 Å². The van der Waals surface area contributed by atoms with Gasteiger partial charge in [0, 0.05) is 49.9 Å². The molecule has 3 amide bonds. The number of urea groups is 1. The number of carboxylic acid groups (broad SMARTS) is 1. The van der Waals surface area contributed by atoms with Crippen LogP contribution in [0.3, 0.4) is 0 Å². The zero-order valence-corrected chi connectivity index (χ0v) is 30.9. The number of aliphatic carboxylic acids is 1. The molecule has 5 heterocycles. The maximum absolute atomic E-state index is 14.2. The minimum absolute atomic E-state index is 0.133. The van der Waals surface area contributed by atoms with Crippen LogP contribution in [0.1, 0.15) is 60.1 Å². The Morgan fingerprint density at radius 3 is 2.55 bits per heavy atom. The number of H-pyrrole nitrogens is 1. The highest BCUT2D eigenvalue weighted by molar-refractivity contribution is 6.42. The van der Waals surface area contributed by atoms with Crippen molar-refractivity contribution in [1.29, 1.82) is 0 Å². The number of nitrogens with zero attached hydrogens (tertiary/aromatic N) is 6. The molecular weight excluding hydrogens is 719 g/mol. The summed E-state index contributed by atoms with van der Waals surface area (Å²) in [6.07, 6.45) is 7.12. The van der Waals surface area contributed by atoms with Crippen molar-refractivity contribution < 1.29 is 24.2 Å². The Balaban J connectivity index is 1.09. The van der Waals surface area contributed by atoms with Gasteiger partial charge in [0.05, 0.1) is 40.1 Å². The first-order valence-corrected chi connectivity index (χ1v) is 18.6. The normalized spacial score (nSPS) is 21.5. The van der Waals surface area contributed by atoms with Crippen molar-refractivity contribution in [2.45, 2.75) is 55.5 Å². The number of benzene rings is 2. The lowest BCUT2D eigenvalue weighted by molar-refractivity contribution is -0.141. The number of ether oxygens (including phenoxy) is 1. The number of carboxylic acids is 1. The van der Waals surface area contributed by atoms with Crippen LogP contribution in [0.15, 0.2) is 67.0 Å². The predicted octanol–water partition coefficient (Wildman–Crippen LogP) is 5.61. The Hall–Kier alpha value is -4.72. The molecule has 2 atom stereocenters. The molecule has 278 valence electrons. The van der Waals surface area contributed by atoms with Gasteiger partial charge in [-0.1, -0.05) is 35.3 Å². The van der Waals surface area contributed by atoms with Crippen LogP contribution in [0, 0.1) is 0 Å². The summed E-state index contributed by atoms with van der Waals surface area (Å²) in [6.45, 7) is 3.54. The van der Waals surface area contributed by atoms with Crippen molar-refractivity contribution in [3.63, 3.8) is 0 Å². The van der Waals surface area contributed by atoms with Gasteiger partial charge in [-0.25, -0.2) is 9.59 Å². The molecule has 3 fully saturated rings. The topological polar surface area (TPSA) is 157 Å². The number of methoxy groups -OCH3 is 1. The number of hydrogen-bond donors (Lipinski definition) is 3. The van der Waals surface area contributed by atoms with Gasteiger partial charge in [-0.2, -0.15) is 15.4 Å². The molecule has 3 aliphatic heterocycles. The smallest absolute Gasteiger partial charge is 0.326 e. The molecule has 2 aromatic heterocycles. The van der Waals surface area contributed by atoms with Crippen molar-refractivity contribution >= 4 is 41.1 Å². The van der Waals surface area contributed by atoms with E-state index in [9.17, 15) is 19.5 Å².